The normalized spacial score (nSPS) is 11.2. The molecule has 0 saturated heterocycles. The Labute approximate surface area is 127 Å². The summed E-state index contributed by atoms with van der Waals surface area (Å²) in [7, 11) is 1.50. The van der Waals surface area contributed by atoms with Crippen molar-refractivity contribution in [3.05, 3.63) is 16.7 Å². The number of hydrogen-bond donors (Lipinski definition) is 2. The summed E-state index contributed by atoms with van der Waals surface area (Å²) in [6.45, 7) is 3.89. The standard InChI is InChI=1S/C14H21BrN2O3/c1-4-6-14(19,7-5-2)13(18)16-10-8-11(15)17-12(9-10)20-3/h8-9,19H,4-7H2,1-3H3,(H,16,17,18). The summed E-state index contributed by atoms with van der Waals surface area (Å²) in [5, 5.41) is 13.2. The van der Waals surface area contributed by atoms with Crippen LogP contribution in [0.5, 0.6) is 5.88 Å². The quantitative estimate of drug-likeness (QED) is 0.745. The number of rotatable bonds is 7. The van der Waals surface area contributed by atoms with Crippen molar-refractivity contribution in [1.82, 2.24) is 4.98 Å². The molecule has 0 aliphatic heterocycles. The van der Waals surface area contributed by atoms with E-state index < -0.39 is 5.60 Å². The Morgan fingerprint density at radius 2 is 2.00 bits per heavy atom. The number of nitrogens with one attached hydrogen (secondary N) is 1. The van der Waals surface area contributed by atoms with Crippen molar-refractivity contribution in [1.29, 1.82) is 0 Å². The number of aromatic nitrogens is 1. The Morgan fingerprint density at radius 1 is 1.40 bits per heavy atom. The van der Waals surface area contributed by atoms with Gasteiger partial charge in [-0.05, 0) is 34.8 Å². The molecule has 0 atom stereocenters. The van der Waals surface area contributed by atoms with Gasteiger partial charge in [0.05, 0.1) is 7.11 Å². The molecule has 20 heavy (non-hydrogen) atoms. The third-order valence-electron chi connectivity index (χ3n) is 2.99. The van der Waals surface area contributed by atoms with Gasteiger partial charge < -0.3 is 15.2 Å². The van der Waals surface area contributed by atoms with Crippen LogP contribution in [0.3, 0.4) is 0 Å². The fraction of sp³-hybridized carbons (Fsp3) is 0.571. The van der Waals surface area contributed by atoms with Crippen molar-refractivity contribution in [2.75, 3.05) is 12.4 Å². The van der Waals surface area contributed by atoms with Gasteiger partial charge in [0.1, 0.15) is 10.2 Å². The molecule has 0 aromatic carbocycles. The number of methoxy groups -OCH3 is 1. The number of carbonyl (C=O) groups is 1. The smallest absolute Gasteiger partial charge is 0.256 e. The van der Waals surface area contributed by atoms with Gasteiger partial charge >= 0.3 is 0 Å². The number of pyridine rings is 1. The Bertz CT molecular complexity index is 460. The van der Waals surface area contributed by atoms with Gasteiger partial charge in [-0.2, -0.15) is 0 Å². The second kappa shape index (κ2) is 7.59. The average Bonchev–Trinajstić information content (AvgIpc) is 2.38. The van der Waals surface area contributed by atoms with Gasteiger partial charge in [0.15, 0.2) is 0 Å². The van der Waals surface area contributed by atoms with Crippen molar-refractivity contribution in [3.63, 3.8) is 0 Å². The van der Waals surface area contributed by atoms with E-state index in [1.807, 2.05) is 13.8 Å². The molecule has 0 bridgehead atoms. The van der Waals surface area contributed by atoms with E-state index in [4.69, 9.17) is 4.74 Å². The summed E-state index contributed by atoms with van der Waals surface area (Å²) < 4.78 is 5.60. The first-order chi connectivity index (χ1) is 9.45. The summed E-state index contributed by atoms with van der Waals surface area (Å²) in [6.07, 6.45) is 2.37. The summed E-state index contributed by atoms with van der Waals surface area (Å²) in [5.74, 6) is 0.00514. The first-order valence-electron chi connectivity index (χ1n) is 6.70. The molecule has 1 amide bonds. The molecule has 1 aromatic heterocycles. The third-order valence-corrected chi connectivity index (χ3v) is 3.39. The molecule has 6 heteroatoms. The van der Waals surface area contributed by atoms with E-state index in [1.165, 1.54) is 7.11 Å². The molecule has 2 N–H and O–H groups in total. The van der Waals surface area contributed by atoms with Crippen molar-refractivity contribution < 1.29 is 14.6 Å². The molecule has 0 saturated carbocycles. The highest BCUT2D eigenvalue weighted by molar-refractivity contribution is 9.10. The molecular formula is C14H21BrN2O3. The molecule has 1 rings (SSSR count). The van der Waals surface area contributed by atoms with E-state index in [9.17, 15) is 9.90 Å². The maximum Gasteiger partial charge on any atom is 0.256 e. The lowest BCUT2D eigenvalue weighted by molar-refractivity contribution is -0.135. The number of anilines is 1. The number of carbonyl (C=O) groups excluding carboxylic acids is 1. The van der Waals surface area contributed by atoms with Crippen LogP contribution in [0.1, 0.15) is 39.5 Å². The van der Waals surface area contributed by atoms with Gasteiger partial charge in [-0.25, -0.2) is 4.98 Å². The van der Waals surface area contributed by atoms with Crippen LogP contribution in [-0.4, -0.2) is 28.7 Å². The van der Waals surface area contributed by atoms with E-state index in [0.29, 0.717) is 29.0 Å². The van der Waals surface area contributed by atoms with Crippen molar-refractivity contribution in [3.8, 4) is 5.88 Å². The van der Waals surface area contributed by atoms with E-state index in [0.717, 1.165) is 12.8 Å². The van der Waals surface area contributed by atoms with Gasteiger partial charge in [0, 0.05) is 11.8 Å². The minimum atomic E-state index is -1.33. The van der Waals surface area contributed by atoms with Gasteiger partial charge in [-0.15, -0.1) is 0 Å². The Hall–Kier alpha value is -1.14. The molecule has 0 aliphatic carbocycles. The minimum Gasteiger partial charge on any atom is -0.481 e. The van der Waals surface area contributed by atoms with Crippen LogP contribution in [0.25, 0.3) is 0 Å². The van der Waals surface area contributed by atoms with E-state index in [1.54, 1.807) is 12.1 Å². The molecule has 0 aliphatic rings. The van der Waals surface area contributed by atoms with Crippen LogP contribution in [0.2, 0.25) is 0 Å². The predicted octanol–water partition coefficient (Wildman–Crippen LogP) is 3.12. The number of aliphatic hydroxyl groups is 1. The zero-order valence-electron chi connectivity index (χ0n) is 12.1. The largest absolute Gasteiger partial charge is 0.481 e. The van der Waals surface area contributed by atoms with Crippen LogP contribution >= 0.6 is 15.9 Å². The molecule has 0 spiro atoms. The number of hydrogen-bond acceptors (Lipinski definition) is 4. The van der Waals surface area contributed by atoms with Crippen LogP contribution in [0.15, 0.2) is 16.7 Å². The fourth-order valence-corrected chi connectivity index (χ4v) is 2.50. The number of halogens is 1. The predicted molar refractivity (Wildman–Crippen MR) is 81.9 cm³/mol. The minimum absolute atomic E-state index is 0.388. The van der Waals surface area contributed by atoms with Crippen LogP contribution in [-0.2, 0) is 4.79 Å². The van der Waals surface area contributed by atoms with Gasteiger partial charge in [-0.3, -0.25) is 4.79 Å². The second-order valence-electron chi connectivity index (χ2n) is 4.71. The molecule has 1 aromatic rings. The van der Waals surface area contributed by atoms with E-state index in [2.05, 4.69) is 26.2 Å². The summed E-state index contributed by atoms with van der Waals surface area (Å²) in [5.41, 5.74) is -0.786. The second-order valence-corrected chi connectivity index (χ2v) is 5.52. The maximum atomic E-state index is 12.3. The number of nitrogens with zero attached hydrogens (tertiary/aromatic N) is 1. The van der Waals surface area contributed by atoms with Gasteiger partial charge in [-0.1, -0.05) is 26.7 Å². The molecule has 1 heterocycles. The highest BCUT2D eigenvalue weighted by atomic mass is 79.9. The highest BCUT2D eigenvalue weighted by Gasteiger charge is 2.34. The lowest BCUT2D eigenvalue weighted by Gasteiger charge is -2.26. The molecule has 0 radical (unpaired) electrons. The van der Waals surface area contributed by atoms with Crippen LogP contribution in [0, 0.1) is 0 Å². The molecular weight excluding hydrogens is 324 g/mol. The molecule has 112 valence electrons. The topological polar surface area (TPSA) is 71.5 Å². The number of amides is 1. The van der Waals surface area contributed by atoms with E-state index >= 15 is 0 Å². The van der Waals surface area contributed by atoms with Crippen LogP contribution in [0.4, 0.5) is 5.69 Å². The summed E-state index contributed by atoms with van der Waals surface area (Å²) in [6, 6.07) is 3.28. The lowest BCUT2D eigenvalue weighted by Crippen LogP contribution is -2.42. The van der Waals surface area contributed by atoms with Crippen LogP contribution < -0.4 is 10.1 Å². The van der Waals surface area contributed by atoms with Gasteiger partial charge in [0.25, 0.3) is 5.91 Å². The highest BCUT2D eigenvalue weighted by Crippen LogP contribution is 2.25. The van der Waals surface area contributed by atoms with E-state index in [-0.39, 0.29) is 5.91 Å². The summed E-state index contributed by atoms with van der Waals surface area (Å²) >= 11 is 3.25. The van der Waals surface area contributed by atoms with Gasteiger partial charge in [0.2, 0.25) is 5.88 Å². The first kappa shape index (κ1) is 16.9. The summed E-state index contributed by atoms with van der Waals surface area (Å²) in [4.78, 5) is 16.4. The monoisotopic (exact) mass is 344 g/mol. The average molecular weight is 345 g/mol. The number of ether oxygens (including phenoxy) is 1. The Balaban J connectivity index is 2.90. The Kier molecular flexibility index (Phi) is 6.42. The maximum absolute atomic E-state index is 12.3. The molecule has 0 fully saturated rings. The first-order valence-corrected chi connectivity index (χ1v) is 7.50. The lowest BCUT2D eigenvalue weighted by atomic mass is 9.91. The van der Waals surface area contributed by atoms with Crippen molar-refractivity contribution in [2.45, 2.75) is 45.1 Å². The molecule has 5 nitrogen and oxygen atoms in total. The van der Waals surface area contributed by atoms with Crippen molar-refractivity contribution >= 4 is 27.5 Å². The third kappa shape index (κ3) is 4.45. The zero-order valence-corrected chi connectivity index (χ0v) is 13.7. The molecule has 0 unspecified atom stereocenters. The SMILES string of the molecule is CCCC(O)(CCC)C(=O)Nc1cc(Br)nc(OC)c1. The Morgan fingerprint density at radius 3 is 2.50 bits per heavy atom. The van der Waals surface area contributed by atoms with Crippen molar-refractivity contribution in [2.24, 2.45) is 0 Å². The fourth-order valence-electron chi connectivity index (χ4n) is 2.08. The zero-order chi connectivity index (χ0) is 15.2.